The molecule has 86 valence electrons. The molecule has 4 nitrogen and oxygen atoms in total. The van der Waals surface area contributed by atoms with Crippen molar-refractivity contribution in [2.75, 3.05) is 19.7 Å². The molecule has 4 heteroatoms. The Kier molecular flexibility index (Phi) is 3.54. The Morgan fingerprint density at radius 2 is 2.12 bits per heavy atom. The molecule has 2 rings (SSSR count). The lowest BCUT2D eigenvalue weighted by molar-refractivity contribution is -0.108. The van der Waals surface area contributed by atoms with Gasteiger partial charge in [0.05, 0.1) is 6.61 Å². The summed E-state index contributed by atoms with van der Waals surface area (Å²) < 4.78 is 0. The summed E-state index contributed by atoms with van der Waals surface area (Å²) in [7, 11) is 0. The number of ketones is 1. The molecule has 1 heterocycles. The molecule has 0 saturated carbocycles. The summed E-state index contributed by atoms with van der Waals surface area (Å²) in [5.74, 6) is 0.259. The van der Waals surface area contributed by atoms with E-state index in [1.165, 1.54) is 12.1 Å². The number of hydroxylamine groups is 2. The lowest BCUT2D eigenvalue weighted by atomic mass is 10.1. The topological polar surface area (TPSA) is 49.8 Å². The number of phenols is 1. The molecule has 0 aromatic heterocycles. The van der Waals surface area contributed by atoms with Crippen LogP contribution >= 0.6 is 0 Å². The van der Waals surface area contributed by atoms with Gasteiger partial charge in [-0.2, -0.15) is 5.06 Å². The number of hydrogen-bond acceptors (Lipinski definition) is 4. The second-order valence-electron chi connectivity index (χ2n) is 3.84. The highest BCUT2D eigenvalue weighted by atomic mass is 16.7. The van der Waals surface area contributed by atoms with E-state index in [1.54, 1.807) is 12.1 Å². The quantitative estimate of drug-likeness (QED) is 0.785. The van der Waals surface area contributed by atoms with Crippen molar-refractivity contribution in [3.05, 3.63) is 29.8 Å². The Balaban J connectivity index is 1.85. The second kappa shape index (κ2) is 5.09. The maximum absolute atomic E-state index is 11.7. The fourth-order valence-corrected chi connectivity index (χ4v) is 1.69. The van der Waals surface area contributed by atoms with Crippen molar-refractivity contribution in [2.24, 2.45) is 0 Å². The van der Waals surface area contributed by atoms with Gasteiger partial charge in [0.2, 0.25) is 0 Å². The standard InChI is InChI=1S/C12H15NO3/c14-11-4-2-10(3-5-11)12(15)6-8-13-7-1-9-16-13/h2-5,14H,1,6-9H2. The Morgan fingerprint density at radius 1 is 1.38 bits per heavy atom. The van der Waals surface area contributed by atoms with E-state index in [0.717, 1.165) is 19.6 Å². The third kappa shape index (κ3) is 2.81. The van der Waals surface area contributed by atoms with Gasteiger partial charge in [-0.15, -0.1) is 0 Å². The first-order valence-corrected chi connectivity index (χ1v) is 5.46. The maximum atomic E-state index is 11.7. The molecule has 16 heavy (non-hydrogen) atoms. The van der Waals surface area contributed by atoms with Crippen LogP contribution in [0.5, 0.6) is 5.75 Å². The van der Waals surface area contributed by atoms with Gasteiger partial charge in [0, 0.05) is 25.1 Å². The van der Waals surface area contributed by atoms with Crippen molar-refractivity contribution in [2.45, 2.75) is 12.8 Å². The normalized spacial score (nSPS) is 16.5. The fourth-order valence-electron chi connectivity index (χ4n) is 1.69. The van der Waals surface area contributed by atoms with Crippen molar-refractivity contribution in [1.82, 2.24) is 5.06 Å². The molecule has 0 aliphatic carbocycles. The van der Waals surface area contributed by atoms with Gasteiger partial charge in [0.25, 0.3) is 0 Å². The van der Waals surface area contributed by atoms with Crippen molar-refractivity contribution >= 4 is 5.78 Å². The molecule has 1 aliphatic heterocycles. The molecular formula is C12H15NO3. The minimum absolute atomic E-state index is 0.0792. The molecule has 0 bridgehead atoms. The average molecular weight is 221 g/mol. The van der Waals surface area contributed by atoms with Crippen LogP contribution in [0.25, 0.3) is 0 Å². The molecule has 0 amide bonds. The van der Waals surface area contributed by atoms with Crippen LogP contribution in [0.2, 0.25) is 0 Å². The van der Waals surface area contributed by atoms with E-state index >= 15 is 0 Å². The molecule has 1 fully saturated rings. The van der Waals surface area contributed by atoms with Crippen molar-refractivity contribution in [1.29, 1.82) is 0 Å². The second-order valence-corrected chi connectivity index (χ2v) is 3.84. The number of aromatic hydroxyl groups is 1. The molecule has 1 aromatic carbocycles. The molecule has 0 unspecified atom stereocenters. The smallest absolute Gasteiger partial charge is 0.164 e. The van der Waals surface area contributed by atoms with Crippen LogP contribution < -0.4 is 0 Å². The first-order valence-electron chi connectivity index (χ1n) is 5.46. The number of carbonyl (C=O) groups excluding carboxylic acids is 1. The van der Waals surface area contributed by atoms with E-state index in [2.05, 4.69) is 0 Å². The largest absolute Gasteiger partial charge is 0.508 e. The Hall–Kier alpha value is -1.39. The third-order valence-corrected chi connectivity index (χ3v) is 2.60. The highest BCUT2D eigenvalue weighted by molar-refractivity contribution is 5.96. The molecule has 1 N–H and O–H groups in total. The highest BCUT2D eigenvalue weighted by Gasteiger charge is 2.14. The van der Waals surface area contributed by atoms with Gasteiger partial charge in [0.1, 0.15) is 5.75 Å². The lowest BCUT2D eigenvalue weighted by Crippen LogP contribution is -2.21. The van der Waals surface area contributed by atoms with E-state index in [1.807, 2.05) is 5.06 Å². The Labute approximate surface area is 94.4 Å². The lowest BCUT2D eigenvalue weighted by Gasteiger charge is -2.12. The summed E-state index contributed by atoms with van der Waals surface area (Å²) >= 11 is 0. The predicted molar refractivity (Wildman–Crippen MR) is 59.2 cm³/mol. The summed E-state index contributed by atoms with van der Waals surface area (Å²) in [5.41, 5.74) is 0.636. The average Bonchev–Trinajstić information content (AvgIpc) is 2.80. The number of Topliss-reactive ketones (excluding diaryl/α,β-unsaturated/α-hetero) is 1. The van der Waals surface area contributed by atoms with Crippen LogP contribution in [0.3, 0.4) is 0 Å². The van der Waals surface area contributed by atoms with Crippen LogP contribution in [0.1, 0.15) is 23.2 Å². The Morgan fingerprint density at radius 3 is 2.75 bits per heavy atom. The first-order chi connectivity index (χ1) is 7.75. The van der Waals surface area contributed by atoms with Gasteiger partial charge in [-0.1, -0.05) is 0 Å². The molecule has 0 spiro atoms. The molecule has 1 aromatic rings. The van der Waals surface area contributed by atoms with Crippen LogP contribution in [0, 0.1) is 0 Å². The molecule has 1 aliphatic rings. The van der Waals surface area contributed by atoms with Crippen LogP contribution in [-0.4, -0.2) is 35.6 Å². The van der Waals surface area contributed by atoms with Gasteiger partial charge < -0.3 is 5.11 Å². The summed E-state index contributed by atoms with van der Waals surface area (Å²) in [5, 5.41) is 10.9. The van der Waals surface area contributed by atoms with E-state index in [-0.39, 0.29) is 11.5 Å². The van der Waals surface area contributed by atoms with Crippen molar-refractivity contribution in [3.8, 4) is 5.75 Å². The minimum Gasteiger partial charge on any atom is -0.508 e. The number of carbonyl (C=O) groups is 1. The van der Waals surface area contributed by atoms with Gasteiger partial charge in [-0.05, 0) is 30.7 Å². The summed E-state index contributed by atoms with van der Waals surface area (Å²) in [4.78, 5) is 17.0. The number of hydrogen-bond donors (Lipinski definition) is 1. The van der Waals surface area contributed by atoms with E-state index in [4.69, 9.17) is 9.94 Å². The summed E-state index contributed by atoms with van der Waals surface area (Å²) in [6.45, 7) is 2.30. The summed E-state index contributed by atoms with van der Waals surface area (Å²) in [6, 6.07) is 6.34. The van der Waals surface area contributed by atoms with E-state index in [9.17, 15) is 4.79 Å². The maximum Gasteiger partial charge on any atom is 0.164 e. The number of benzene rings is 1. The predicted octanol–water partition coefficient (Wildman–Crippen LogP) is 1.60. The molecule has 1 saturated heterocycles. The number of phenolic OH excluding ortho intramolecular Hbond substituents is 1. The number of nitrogens with zero attached hydrogens (tertiary/aromatic N) is 1. The van der Waals surface area contributed by atoms with Gasteiger partial charge >= 0.3 is 0 Å². The third-order valence-electron chi connectivity index (χ3n) is 2.60. The fraction of sp³-hybridized carbons (Fsp3) is 0.417. The van der Waals surface area contributed by atoms with Gasteiger partial charge in [-0.3, -0.25) is 9.63 Å². The zero-order valence-electron chi connectivity index (χ0n) is 9.06. The van der Waals surface area contributed by atoms with E-state index in [0.29, 0.717) is 18.5 Å². The first kappa shape index (κ1) is 11.1. The van der Waals surface area contributed by atoms with Crippen LogP contribution in [0.4, 0.5) is 0 Å². The zero-order chi connectivity index (χ0) is 11.4. The molecule has 0 radical (unpaired) electrons. The highest BCUT2D eigenvalue weighted by Crippen LogP contribution is 2.12. The minimum atomic E-state index is 0.0792. The van der Waals surface area contributed by atoms with Gasteiger partial charge in [-0.25, -0.2) is 0 Å². The monoisotopic (exact) mass is 221 g/mol. The SMILES string of the molecule is O=C(CCN1CCCO1)c1ccc(O)cc1. The zero-order valence-corrected chi connectivity index (χ0v) is 9.06. The molecular weight excluding hydrogens is 206 g/mol. The summed E-state index contributed by atoms with van der Waals surface area (Å²) in [6.07, 6.45) is 1.48. The van der Waals surface area contributed by atoms with Crippen LogP contribution in [-0.2, 0) is 4.84 Å². The Bertz CT molecular complexity index is 355. The van der Waals surface area contributed by atoms with E-state index < -0.39 is 0 Å². The van der Waals surface area contributed by atoms with Crippen LogP contribution in [0.15, 0.2) is 24.3 Å². The van der Waals surface area contributed by atoms with Crippen molar-refractivity contribution in [3.63, 3.8) is 0 Å². The molecule has 0 atom stereocenters. The number of rotatable bonds is 4. The van der Waals surface area contributed by atoms with Gasteiger partial charge in [0.15, 0.2) is 5.78 Å². The van der Waals surface area contributed by atoms with Crippen molar-refractivity contribution < 1.29 is 14.7 Å².